The lowest BCUT2D eigenvalue weighted by Gasteiger charge is -2.47. The van der Waals surface area contributed by atoms with Crippen molar-refractivity contribution in [2.24, 2.45) is 0 Å². The van der Waals surface area contributed by atoms with Crippen molar-refractivity contribution in [3.05, 3.63) is 17.0 Å². The Morgan fingerprint density at radius 1 is 1.23 bits per heavy atom. The maximum Gasteiger partial charge on any atom is 0.223 e. The minimum Gasteiger partial charge on any atom is -0.370 e. The topological polar surface area (TPSA) is 62.1 Å². The van der Waals surface area contributed by atoms with Gasteiger partial charge in [0.25, 0.3) is 0 Å². The van der Waals surface area contributed by atoms with Crippen molar-refractivity contribution in [2.75, 3.05) is 52.9 Å². The fourth-order valence-corrected chi connectivity index (χ4v) is 4.54. The van der Waals surface area contributed by atoms with Gasteiger partial charge in [0.05, 0.1) is 25.4 Å². The molecule has 0 saturated carbocycles. The van der Waals surface area contributed by atoms with Crippen LogP contribution in [0.1, 0.15) is 29.9 Å². The number of amides is 1. The van der Waals surface area contributed by atoms with Gasteiger partial charge in [-0.2, -0.15) is 0 Å². The summed E-state index contributed by atoms with van der Waals surface area (Å²) in [5.74, 6) is 1.03. The van der Waals surface area contributed by atoms with E-state index in [2.05, 4.69) is 22.0 Å². The van der Waals surface area contributed by atoms with E-state index in [9.17, 15) is 4.79 Å². The molecule has 0 radical (unpaired) electrons. The zero-order valence-corrected chi connectivity index (χ0v) is 16.2. The van der Waals surface area contributed by atoms with E-state index >= 15 is 0 Å². The van der Waals surface area contributed by atoms with E-state index in [1.807, 2.05) is 18.7 Å². The molecule has 144 valence electrons. The summed E-state index contributed by atoms with van der Waals surface area (Å²) in [6.07, 6.45) is 2.28. The van der Waals surface area contributed by atoms with Crippen LogP contribution in [-0.2, 0) is 16.0 Å². The lowest BCUT2D eigenvalue weighted by Crippen LogP contribution is -2.63. The van der Waals surface area contributed by atoms with Crippen LogP contribution in [0.15, 0.2) is 4.52 Å². The summed E-state index contributed by atoms with van der Waals surface area (Å²) in [6, 6.07) is 0.517. The largest absolute Gasteiger partial charge is 0.370 e. The van der Waals surface area contributed by atoms with Crippen molar-refractivity contribution in [1.29, 1.82) is 0 Å². The molecule has 3 aliphatic rings. The number of aromatic nitrogens is 1. The molecule has 0 aromatic carbocycles. The average molecular weight is 362 g/mol. The third-order valence-corrected chi connectivity index (χ3v) is 6.32. The Morgan fingerprint density at radius 2 is 1.96 bits per heavy atom. The quantitative estimate of drug-likeness (QED) is 0.791. The number of carbonyl (C=O) groups excluding carboxylic acids is 1. The number of nitrogens with zero attached hydrogens (tertiary/aromatic N) is 4. The van der Waals surface area contributed by atoms with E-state index in [0.29, 0.717) is 18.9 Å². The van der Waals surface area contributed by atoms with Gasteiger partial charge in [-0.15, -0.1) is 0 Å². The monoisotopic (exact) mass is 362 g/mol. The van der Waals surface area contributed by atoms with Gasteiger partial charge in [-0.25, -0.2) is 0 Å². The first kappa shape index (κ1) is 17.9. The second-order valence-corrected chi connectivity index (χ2v) is 8.24. The number of hydrogen-bond donors (Lipinski definition) is 0. The van der Waals surface area contributed by atoms with Crippen LogP contribution in [-0.4, -0.2) is 90.3 Å². The average Bonchev–Trinajstić information content (AvgIpc) is 3.17. The highest BCUT2D eigenvalue weighted by atomic mass is 16.5. The summed E-state index contributed by atoms with van der Waals surface area (Å²) in [5.41, 5.74) is 1.87. The van der Waals surface area contributed by atoms with Gasteiger partial charge in [-0.3, -0.25) is 9.69 Å². The van der Waals surface area contributed by atoms with Gasteiger partial charge in [0.2, 0.25) is 5.91 Å². The second kappa shape index (κ2) is 6.94. The summed E-state index contributed by atoms with van der Waals surface area (Å²) >= 11 is 0. The van der Waals surface area contributed by atoms with Crippen LogP contribution < -0.4 is 0 Å². The predicted octanol–water partition coefficient (Wildman–Crippen LogP) is 0.841. The van der Waals surface area contributed by atoms with Crippen LogP contribution in [0.4, 0.5) is 0 Å². The van der Waals surface area contributed by atoms with E-state index in [1.165, 1.54) is 0 Å². The molecule has 26 heavy (non-hydrogen) atoms. The molecule has 3 fully saturated rings. The summed E-state index contributed by atoms with van der Waals surface area (Å²) in [4.78, 5) is 19.4. The number of rotatable bonds is 4. The van der Waals surface area contributed by atoms with Crippen LogP contribution >= 0.6 is 0 Å². The van der Waals surface area contributed by atoms with Crippen molar-refractivity contribution in [1.82, 2.24) is 19.9 Å². The third-order valence-electron chi connectivity index (χ3n) is 6.32. The number of aryl methyl sites for hydroxylation is 2. The van der Waals surface area contributed by atoms with E-state index in [0.717, 1.165) is 69.3 Å². The lowest BCUT2D eigenvalue weighted by atomic mass is 9.88. The Balaban J connectivity index is 1.24. The summed E-state index contributed by atoms with van der Waals surface area (Å²) in [7, 11) is 2.18. The maximum atomic E-state index is 12.5. The SMILES string of the molecule is Cc1noc(C)c1CCC(=O)N1CC2(CC(N3CCN(C)CC3)CO2)C1. The molecule has 1 spiro atoms. The van der Waals surface area contributed by atoms with Crippen LogP contribution in [0.3, 0.4) is 0 Å². The molecule has 3 aliphatic heterocycles. The Labute approximate surface area is 155 Å². The van der Waals surface area contributed by atoms with Gasteiger partial charge in [-0.05, 0) is 33.7 Å². The Bertz CT molecular complexity index is 640. The van der Waals surface area contributed by atoms with Crippen molar-refractivity contribution in [3.63, 3.8) is 0 Å². The normalized spacial score (nSPS) is 26.4. The minimum atomic E-state index is -0.0906. The van der Waals surface area contributed by atoms with Gasteiger partial charge in [-0.1, -0.05) is 5.16 Å². The molecule has 0 bridgehead atoms. The predicted molar refractivity (Wildman–Crippen MR) is 97.0 cm³/mol. The summed E-state index contributed by atoms with van der Waals surface area (Å²) in [5, 5.41) is 3.96. The van der Waals surface area contributed by atoms with E-state index in [4.69, 9.17) is 9.26 Å². The second-order valence-electron chi connectivity index (χ2n) is 8.24. The highest BCUT2D eigenvalue weighted by Gasteiger charge is 2.52. The number of hydrogen-bond acceptors (Lipinski definition) is 6. The van der Waals surface area contributed by atoms with Crippen molar-refractivity contribution in [2.45, 2.75) is 44.8 Å². The third kappa shape index (κ3) is 3.40. The molecular weight excluding hydrogens is 332 g/mol. The van der Waals surface area contributed by atoms with E-state index < -0.39 is 0 Å². The molecule has 1 unspecified atom stereocenters. The molecule has 1 atom stereocenters. The van der Waals surface area contributed by atoms with Gasteiger partial charge in [0.1, 0.15) is 11.4 Å². The molecule has 7 heteroatoms. The molecule has 1 aromatic heterocycles. The first-order valence-corrected chi connectivity index (χ1v) is 9.72. The zero-order valence-electron chi connectivity index (χ0n) is 16.2. The smallest absolute Gasteiger partial charge is 0.223 e. The maximum absolute atomic E-state index is 12.5. The Kier molecular flexibility index (Phi) is 4.79. The van der Waals surface area contributed by atoms with Crippen LogP contribution in [0.25, 0.3) is 0 Å². The molecule has 1 amide bonds. The molecule has 0 N–H and O–H groups in total. The Hall–Kier alpha value is -1.44. The number of carbonyl (C=O) groups is 1. The zero-order chi connectivity index (χ0) is 18.3. The number of piperazine rings is 1. The standard InChI is InChI=1S/C19H30N4O3/c1-14-17(15(2)26-20-14)4-5-18(24)23-12-19(13-23)10-16(11-25-19)22-8-6-21(3)7-9-22/h16H,4-13H2,1-3H3. The minimum absolute atomic E-state index is 0.0906. The van der Waals surface area contributed by atoms with Gasteiger partial charge in [0.15, 0.2) is 0 Å². The molecule has 1 aromatic rings. The van der Waals surface area contributed by atoms with Gasteiger partial charge < -0.3 is 19.1 Å². The summed E-state index contributed by atoms with van der Waals surface area (Å²) in [6.45, 7) is 10.7. The molecule has 4 rings (SSSR count). The van der Waals surface area contributed by atoms with Crippen LogP contribution in [0.5, 0.6) is 0 Å². The fraction of sp³-hybridized carbons (Fsp3) is 0.789. The molecule has 4 heterocycles. The molecule has 7 nitrogen and oxygen atoms in total. The van der Waals surface area contributed by atoms with E-state index in [-0.39, 0.29) is 11.5 Å². The first-order chi connectivity index (χ1) is 12.5. The summed E-state index contributed by atoms with van der Waals surface area (Å²) < 4.78 is 11.3. The highest BCUT2D eigenvalue weighted by Crippen LogP contribution is 2.37. The van der Waals surface area contributed by atoms with Gasteiger partial charge >= 0.3 is 0 Å². The van der Waals surface area contributed by atoms with Crippen molar-refractivity contribution >= 4 is 5.91 Å². The number of ether oxygens (including phenoxy) is 1. The lowest BCUT2D eigenvalue weighted by molar-refractivity contribution is -0.157. The number of likely N-dealkylation sites (tertiary alicyclic amines) is 1. The van der Waals surface area contributed by atoms with Crippen molar-refractivity contribution in [3.8, 4) is 0 Å². The molecular formula is C19H30N4O3. The van der Waals surface area contributed by atoms with Crippen LogP contribution in [0.2, 0.25) is 0 Å². The first-order valence-electron chi connectivity index (χ1n) is 9.72. The van der Waals surface area contributed by atoms with Crippen LogP contribution in [0, 0.1) is 13.8 Å². The van der Waals surface area contributed by atoms with E-state index in [1.54, 1.807) is 0 Å². The molecule has 0 aliphatic carbocycles. The Morgan fingerprint density at radius 3 is 2.62 bits per heavy atom. The highest BCUT2D eigenvalue weighted by molar-refractivity contribution is 5.77. The number of likely N-dealkylation sites (N-methyl/N-ethyl adjacent to an activating group) is 1. The molecule has 3 saturated heterocycles. The van der Waals surface area contributed by atoms with Crippen molar-refractivity contribution < 1.29 is 14.1 Å². The van der Waals surface area contributed by atoms with Gasteiger partial charge in [0, 0.05) is 44.2 Å². The fourth-order valence-electron chi connectivity index (χ4n) is 4.54.